The van der Waals surface area contributed by atoms with Crippen LogP contribution >= 0.6 is 0 Å². The molecule has 0 saturated carbocycles. The van der Waals surface area contributed by atoms with Crippen LogP contribution in [0.15, 0.2) is 158 Å². The molecule has 0 saturated heterocycles. The van der Waals surface area contributed by atoms with E-state index in [0.717, 1.165) is 11.5 Å². The van der Waals surface area contributed by atoms with Gasteiger partial charge in [0.2, 0.25) is 0 Å². The summed E-state index contributed by atoms with van der Waals surface area (Å²) in [4.78, 5) is 0. The van der Waals surface area contributed by atoms with E-state index in [9.17, 15) is 0 Å². The Kier molecular flexibility index (Phi) is 5.12. The Labute approximate surface area is 261 Å². The van der Waals surface area contributed by atoms with Crippen molar-refractivity contribution in [2.45, 2.75) is 0 Å². The first-order valence-electron chi connectivity index (χ1n) is 15.6. The van der Waals surface area contributed by atoms with Crippen LogP contribution in [0.5, 0.6) is 11.5 Å². The fourth-order valence-electron chi connectivity index (χ4n) is 7.64. The standard InChI is InChI=1S/C42H26BNO/c1-4-11-27(12-5-1)30-19-21-37-33(23-30)34-24-32(29-15-8-3-9-16-29)26-36-42(34)44(37)38-17-10-18-40-41(38)43(36)35-25-31(20-22-39(35)45-40)28-13-6-2-7-14-28/h1-26H. The first-order chi connectivity index (χ1) is 22.3. The number of rotatable bonds is 3. The molecule has 0 atom stereocenters. The van der Waals surface area contributed by atoms with E-state index in [1.807, 2.05) is 0 Å². The number of hydrogen-bond donors (Lipinski definition) is 0. The Morgan fingerprint density at radius 1 is 0.422 bits per heavy atom. The maximum Gasteiger partial charge on any atom is 0.256 e. The number of hydrogen-bond acceptors (Lipinski definition) is 1. The molecule has 8 aromatic rings. The van der Waals surface area contributed by atoms with Gasteiger partial charge in [-0.25, -0.2) is 0 Å². The largest absolute Gasteiger partial charge is 0.458 e. The predicted octanol–water partition coefficient (Wildman–Crippen LogP) is 8.72. The molecule has 10 rings (SSSR count). The Morgan fingerprint density at radius 2 is 1.02 bits per heavy atom. The topological polar surface area (TPSA) is 14.2 Å². The van der Waals surface area contributed by atoms with E-state index in [4.69, 9.17) is 4.74 Å². The van der Waals surface area contributed by atoms with Gasteiger partial charge in [-0.1, -0.05) is 121 Å². The maximum absolute atomic E-state index is 6.69. The van der Waals surface area contributed by atoms with Crippen LogP contribution in [-0.4, -0.2) is 11.3 Å². The molecule has 0 bridgehead atoms. The van der Waals surface area contributed by atoms with Crippen LogP contribution in [0.25, 0.3) is 60.9 Å². The highest BCUT2D eigenvalue weighted by Gasteiger charge is 2.40. The Morgan fingerprint density at radius 3 is 1.73 bits per heavy atom. The van der Waals surface area contributed by atoms with Crippen molar-refractivity contribution >= 4 is 44.9 Å². The van der Waals surface area contributed by atoms with Gasteiger partial charge in [-0.3, -0.25) is 0 Å². The molecule has 7 aromatic carbocycles. The molecule has 45 heavy (non-hydrogen) atoms. The van der Waals surface area contributed by atoms with Crippen molar-refractivity contribution in [2.75, 3.05) is 0 Å². The molecule has 0 amide bonds. The SMILES string of the molecule is c1ccc(-c2ccc3c(c2)B2c4c(cccc4-n4c5ccc(-c6ccccc6)cc5c5cc(-c6ccccc6)cc2c54)O3)cc1. The first-order valence-corrected chi connectivity index (χ1v) is 15.6. The van der Waals surface area contributed by atoms with Gasteiger partial charge in [0.15, 0.2) is 0 Å². The first kappa shape index (κ1) is 24.6. The summed E-state index contributed by atoms with van der Waals surface area (Å²) >= 11 is 0. The number of ether oxygens (including phenoxy) is 1. The third kappa shape index (κ3) is 3.58. The third-order valence-corrected chi connectivity index (χ3v) is 9.64. The molecule has 1 aromatic heterocycles. The van der Waals surface area contributed by atoms with Crippen LogP contribution in [0.1, 0.15) is 0 Å². The van der Waals surface area contributed by atoms with Crippen LogP contribution in [0.4, 0.5) is 0 Å². The molecule has 2 nitrogen and oxygen atoms in total. The van der Waals surface area contributed by atoms with E-state index in [0.29, 0.717) is 0 Å². The van der Waals surface area contributed by atoms with Crippen molar-refractivity contribution in [2.24, 2.45) is 0 Å². The van der Waals surface area contributed by atoms with E-state index < -0.39 is 0 Å². The minimum Gasteiger partial charge on any atom is -0.458 e. The van der Waals surface area contributed by atoms with Crippen molar-refractivity contribution in [1.82, 2.24) is 4.57 Å². The number of benzene rings is 7. The van der Waals surface area contributed by atoms with E-state index in [-0.39, 0.29) is 6.71 Å². The highest BCUT2D eigenvalue weighted by atomic mass is 16.5. The molecular weight excluding hydrogens is 545 g/mol. The van der Waals surface area contributed by atoms with Gasteiger partial charge in [-0.2, -0.15) is 0 Å². The van der Waals surface area contributed by atoms with E-state index in [1.54, 1.807) is 0 Å². The molecule has 0 N–H and O–H groups in total. The minimum absolute atomic E-state index is 0.0418. The van der Waals surface area contributed by atoms with Crippen molar-refractivity contribution in [3.8, 4) is 50.6 Å². The van der Waals surface area contributed by atoms with Gasteiger partial charge in [0.1, 0.15) is 11.5 Å². The summed E-state index contributed by atoms with van der Waals surface area (Å²) in [5, 5.41) is 2.54. The average Bonchev–Trinajstić information content (AvgIpc) is 3.45. The molecule has 0 radical (unpaired) electrons. The van der Waals surface area contributed by atoms with Gasteiger partial charge in [0, 0.05) is 22.0 Å². The van der Waals surface area contributed by atoms with Gasteiger partial charge >= 0.3 is 0 Å². The molecule has 208 valence electrons. The zero-order chi connectivity index (χ0) is 29.5. The van der Waals surface area contributed by atoms with E-state index in [2.05, 4.69) is 162 Å². The lowest BCUT2D eigenvalue weighted by Crippen LogP contribution is -2.58. The second kappa shape index (κ2) is 9.35. The summed E-state index contributed by atoms with van der Waals surface area (Å²) in [6.45, 7) is 0.0418. The van der Waals surface area contributed by atoms with Crippen LogP contribution in [-0.2, 0) is 0 Å². The highest BCUT2D eigenvalue weighted by Crippen LogP contribution is 2.40. The zero-order valence-corrected chi connectivity index (χ0v) is 24.4. The van der Waals surface area contributed by atoms with E-state index in [1.165, 1.54) is 77.3 Å². The van der Waals surface area contributed by atoms with Gasteiger partial charge in [-0.05, 0) is 86.2 Å². The average molecular weight is 571 g/mol. The normalized spacial score (nSPS) is 12.6. The summed E-state index contributed by atoms with van der Waals surface area (Å²) in [7, 11) is 0. The van der Waals surface area contributed by atoms with Gasteiger partial charge in [0.05, 0.1) is 5.52 Å². The van der Waals surface area contributed by atoms with Gasteiger partial charge in [-0.15, -0.1) is 0 Å². The number of fused-ring (bicyclic) bond motifs is 7. The van der Waals surface area contributed by atoms with Crippen LogP contribution in [0.3, 0.4) is 0 Å². The monoisotopic (exact) mass is 571 g/mol. The Balaban J connectivity index is 1.33. The zero-order valence-electron chi connectivity index (χ0n) is 24.4. The lowest BCUT2D eigenvalue weighted by atomic mass is 9.34. The second-order valence-electron chi connectivity index (χ2n) is 12.1. The van der Waals surface area contributed by atoms with Crippen molar-refractivity contribution in [3.05, 3.63) is 158 Å². The van der Waals surface area contributed by atoms with Crippen LogP contribution < -0.4 is 21.1 Å². The summed E-state index contributed by atoms with van der Waals surface area (Å²) in [5.41, 5.74) is 14.8. The maximum atomic E-state index is 6.69. The molecule has 0 aliphatic carbocycles. The molecule has 0 spiro atoms. The summed E-state index contributed by atoms with van der Waals surface area (Å²) < 4.78 is 9.17. The van der Waals surface area contributed by atoms with Crippen molar-refractivity contribution in [1.29, 1.82) is 0 Å². The fourth-order valence-corrected chi connectivity index (χ4v) is 7.64. The predicted molar refractivity (Wildman–Crippen MR) is 188 cm³/mol. The van der Waals surface area contributed by atoms with Crippen molar-refractivity contribution in [3.63, 3.8) is 0 Å². The molecule has 2 aliphatic heterocycles. The van der Waals surface area contributed by atoms with Gasteiger partial charge in [0.25, 0.3) is 6.71 Å². The second-order valence-corrected chi connectivity index (χ2v) is 12.1. The quantitative estimate of drug-likeness (QED) is 0.194. The van der Waals surface area contributed by atoms with Gasteiger partial charge < -0.3 is 9.30 Å². The Hall–Kier alpha value is -5.80. The van der Waals surface area contributed by atoms with Crippen molar-refractivity contribution < 1.29 is 4.74 Å². The molecule has 3 heteroatoms. The number of nitrogens with zero attached hydrogens (tertiary/aromatic N) is 1. The minimum atomic E-state index is 0.0418. The summed E-state index contributed by atoms with van der Waals surface area (Å²) in [6, 6.07) is 57.1. The molecule has 2 aliphatic rings. The lowest BCUT2D eigenvalue weighted by Gasteiger charge is -2.33. The molecule has 0 unspecified atom stereocenters. The summed E-state index contributed by atoms with van der Waals surface area (Å²) in [6.07, 6.45) is 0. The van der Waals surface area contributed by atoms with E-state index >= 15 is 0 Å². The fraction of sp³-hybridized carbons (Fsp3) is 0. The van der Waals surface area contributed by atoms with Crippen LogP contribution in [0, 0.1) is 0 Å². The summed E-state index contributed by atoms with van der Waals surface area (Å²) in [5.74, 6) is 1.86. The Bertz CT molecular complexity index is 2450. The molecule has 3 heterocycles. The number of aromatic nitrogens is 1. The van der Waals surface area contributed by atoms with Crippen LogP contribution in [0.2, 0.25) is 0 Å². The smallest absolute Gasteiger partial charge is 0.256 e. The molecular formula is C42H26BNO. The highest BCUT2D eigenvalue weighted by molar-refractivity contribution is 6.99. The third-order valence-electron chi connectivity index (χ3n) is 9.64. The lowest BCUT2D eigenvalue weighted by molar-refractivity contribution is 0.487. The molecule has 0 fully saturated rings.